The molecule has 9 nitrogen and oxygen atoms in total. The number of amides is 3. The SMILES string of the molecule is CCCN(CCC)C(=O)C1=Cc2ccc(C(=O)NCc3ccc(C(=O)NN)cc3)cc2N=C(N)C1. The molecule has 0 spiro atoms. The standard InChI is InChI=1S/C26H32N6O3/c1-3-11-32(12-4-2)26(35)21-13-19-9-10-20(14-22(19)30-23(27)15-21)24(33)29-16-17-5-7-18(8-6-17)25(34)31-28/h5-10,13-14H,3-4,11-12,15-16,28H2,1-2H3,(H2,27,30)(H,29,33)(H,31,34). The first-order valence-corrected chi connectivity index (χ1v) is 11.7. The Labute approximate surface area is 205 Å². The molecule has 0 atom stereocenters. The normalized spacial score (nSPS) is 12.5. The number of nitrogens with one attached hydrogen (secondary N) is 2. The minimum atomic E-state index is -0.382. The van der Waals surface area contributed by atoms with Crippen LogP contribution in [0, 0.1) is 0 Å². The highest BCUT2D eigenvalue weighted by molar-refractivity contribution is 6.06. The molecule has 0 radical (unpaired) electrons. The third-order valence-electron chi connectivity index (χ3n) is 5.61. The largest absolute Gasteiger partial charge is 0.387 e. The lowest BCUT2D eigenvalue weighted by molar-refractivity contribution is -0.127. The number of hydrogen-bond donors (Lipinski definition) is 4. The van der Waals surface area contributed by atoms with Gasteiger partial charge < -0.3 is 16.0 Å². The van der Waals surface area contributed by atoms with Crippen molar-refractivity contribution in [3.05, 3.63) is 70.3 Å². The smallest absolute Gasteiger partial charge is 0.265 e. The van der Waals surface area contributed by atoms with E-state index in [-0.39, 0.29) is 30.7 Å². The van der Waals surface area contributed by atoms with Crippen molar-refractivity contribution >= 4 is 35.3 Å². The minimum Gasteiger partial charge on any atom is -0.387 e. The lowest BCUT2D eigenvalue weighted by Crippen LogP contribution is -2.34. The Bertz CT molecular complexity index is 1150. The summed E-state index contributed by atoms with van der Waals surface area (Å²) < 4.78 is 0. The molecule has 2 aromatic rings. The zero-order valence-corrected chi connectivity index (χ0v) is 20.1. The Morgan fingerprint density at radius 3 is 2.26 bits per heavy atom. The third kappa shape index (κ3) is 6.54. The number of hydrazine groups is 1. The fourth-order valence-corrected chi connectivity index (χ4v) is 3.87. The summed E-state index contributed by atoms with van der Waals surface area (Å²) in [5.41, 5.74) is 11.8. The fraction of sp³-hybridized carbons (Fsp3) is 0.308. The van der Waals surface area contributed by atoms with E-state index in [1.165, 1.54) is 0 Å². The van der Waals surface area contributed by atoms with Gasteiger partial charge in [0.2, 0.25) is 5.91 Å². The second-order valence-corrected chi connectivity index (χ2v) is 8.37. The quantitative estimate of drug-likeness (QED) is 0.250. The van der Waals surface area contributed by atoms with Crippen molar-refractivity contribution in [1.82, 2.24) is 15.6 Å². The second kappa shape index (κ2) is 11.9. The summed E-state index contributed by atoms with van der Waals surface area (Å²) in [6, 6.07) is 11.9. The lowest BCUT2D eigenvalue weighted by Gasteiger charge is -2.22. The van der Waals surface area contributed by atoms with Gasteiger partial charge in [-0.3, -0.25) is 19.8 Å². The van der Waals surface area contributed by atoms with Crippen LogP contribution >= 0.6 is 0 Å². The zero-order chi connectivity index (χ0) is 25.4. The second-order valence-electron chi connectivity index (χ2n) is 8.37. The van der Waals surface area contributed by atoms with E-state index in [0.717, 1.165) is 24.0 Å². The number of benzene rings is 2. The molecule has 0 saturated carbocycles. The molecule has 1 aliphatic rings. The predicted molar refractivity (Wildman–Crippen MR) is 137 cm³/mol. The van der Waals surface area contributed by atoms with Gasteiger partial charge in [0.15, 0.2) is 0 Å². The summed E-state index contributed by atoms with van der Waals surface area (Å²) in [5, 5.41) is 2.86. The van der Waals surface area contributed by atoms with Crippen molar-refractivity contribution < 1.29 is 14.4 Å². The number of nitrogens with zero attached hydrogens (tertiary/aromatic N) is 2. The van der Waals surface area contributed by atoms with Crippen LogP contribution in [0.25, 0.3) is 6.08 Å². The van der Waals surface area contributed by atoms with Crippen molar-refractivity contribution in [2.24, 2.45) is 16.6 Å². The van der Waals surface area contributed by atoms with Crippen LogP contribution in [-0.2, 0) is 11.3 Å². The van der Waals surface area contributed by atoms with Gasteiger partial charge in [-0.05, 0) is 48.7 Å². The molecule has 35 heavy (non-hydrogen) atoms. The number of nitrogens with two attached hydrogens (primary N) is 2. The van der Waals surface area contributed by atoms with Gasteiger partial charge in [0, 0.05) is 48.3 Å². The zero-order valence-electron chi connectivity index (χ0n) is 20.1. The van der Waals surface area contributed by atoms with Gasteiger partial charge in [0.05, 0.1) is 5.69 Å². The van der Waals surface area contributed by atoms with E-state index in [2.05, 4.69) is 15.7 Å². The average Bonchev–Trinajstić information content (AvgIpc) is 3.03. The summed E-state index contributed by atoms with van der Waals surface area (Å²) in [5.74, 6) is 4.78. The average molecular weight is 477 g/mol. The van der Waals surface area contributed by atoms with E-state index in [9.17, 15) is 14.4 Å². The summed E-state index contributed by atoms with van der Waals surface area (Å²) in [7, 11) is 0. The van der Waals surface area contributed by atoms with Crippen molar-refractivity contribution in [2.75, 3.05) is 13.1 Å². The molecule has 0 aliphatic carbocycles. The van der Waals surface area contributed by atoms with Crippen LogP contribution in [0.2, 0.25) is 0 Å². The van der Waals surface area contributed by atoms with E-state index in [0.29, 0.717) is 41.3 Å². The molecular formula is C26H32N6O3. The molecular weight excluding hydrogens is 444 g/mol. The maximum Gasteiger partial charge on any atom is 0.265 e. The molecule has 9 heteroatoms. The van der Waals surface area contributed by atoms with Crippen molar-refractivity contribution in [3.63, 3.8) is 0 Å². The number of nitrogen functional groups attached to an aromatic ring is 1. The molecule has 0 saturated heterocycles. The number of carbonyl (C=O) groups is 3. The summed E-state index contributed by atoms with van der Waals surface area (Å²) in [6.45, 7) is 5.76. The maximum atomic E-state index is 13.1. The third-order valence-corrected chi connectivity index (χ3v) is 5.61. The topological polar surface area (TPSA) is 143 Å². The van der Waals surface area contributed by atoms with E-state index < -0.39 is 0 Å². The predicted octanol–water partition coefficient (Wildman–Crippen LogP) is 2.64. The molecule has 0 unspecified atom stereocenters. The van der Waals surface area contributed by atoms with Crippen molar-refractivity contribution in [3.8, 4) is 0 Å². The fourth-order valence-electron chi connectivity index (χ4n) is 3.87. The molecule has 6 N–H and O–H groups in total. The van der Waals surface area contributed by atoms with E-state index >= 15 is 0 Å². The van der Waals surface area contributed by atoms with Gasteiger partial charge in [-0.2, -0.15) is 0 Å². The van der Waals surface area contributed by atoms with Gasteiger partial charge in [0.25, 0.3) is 11.8 Å². The Morgan fingerprint density at radius 2 is 1.63 bits per heavy atom. The molecule has 3 rings (SSSR count). The van der Waals surface area contributed by atoms with Gasteiger partial charge in [0.1, 0.15) is 5.84 Å². The van der Waals surface area contributed by atoms with Crippen LogP contribution in [0.1, 0.15) is 65.0 Å². The Morgan fingerprint density at radius 1 is 0.971 bits per heavy atom. The van der Waals surface area contributed by atoms with Gasteiger partial charge in [-0.1, -0.05) is 32.0 Å². The van der Waals surface area contributed by atoms with Gasteiger partial charge in [-0.15, -0.1) is 0 Å². The number of rotatable bonds is 9. The number of amidine groups is 1. The van der Waals surface area contributed by atoms with Crippen LogP contribution in [0.3, 0.4) is 0 Å². The summed E-state index contributed by atoms with van der Waals surface area (Å²) >= 11 is 0. The highest BCUT2D eigenvalue weighted by atomic mass is 16.2. The van der Waals surface area contributed by atoms with E-state index in [1.807, 2.05) is 24.8 Å². The number of hydrogen-bond acceptors (Lipinski definition) is 6. The summed E-state index contributed by atoms with van der Waals surface area (Å²) in [4.78, 5) is 43.7. The van der Waals surface area contributed by atoms with E-state index in [4.69, 9.17) is 11.6 Å². The highest BCUT2D eigenvalue weighted by Crippen LogP contribution is 2.28. The Hall–Kier alpha value is -3.98. The van der Waals surface area contributed by atoms with Crippen molar-refractivity contribution in [2.45, 2.75) is 39.7 Å². The van der Waals surface area contributed by atoms with Crippen LogP contribution in [-0.4, -0.2) is 41.5 Å². The highest BCUT2D eigenvalue weighted by Gasteiger charge is 2.21. The van der Waals surface area contributed by atoms with Crippen molar-refractivity contribution in [1.29, 1.82) is 0 Å². The first-order valence-electron chi connectivity index (χ1n) is 11.7. The van der Waals surface area contributed by atoms with Gasteiger partial charge in [-0.25, -0.2) is 10.8 Å². The molecule has 1 heterocycles. The number of carbonyl (C=O) groups excluding carboxylic acids is 3. The molecule has 2 aromatic carbocycles. The molecule has 184 valence electrons. The maximum absolute atomic E-state index is 13.1. The summed E-state index contributed by atoms with van der Waals surface area (Å²) in [6.07, 6.45) is 3.84. The first kappa shape index (κ1) is 25.6. The number of fused-ring (bicyclic) bond motifs is 1. The monoisotopic (exact) mass is 476 g/mol. The van der Waals surface area contributed by atoms with Crippen LogP contribution in [0.4, 0.5) is 5.69 Å². The van der Waals surface area contributed by atoms with Crippen LogP contribution in [0.15, 0.2) is 53.0 Å². The minimum absolute atomic E-state index is 0.0310. The Kier molecular flexibility index (Phi) is 8.74. The lowest BCUT2D eigenvalue weighted by atomic mass is 10.0. The van der Waals surface area contributed by atoms with Crippen LogP contribution in [0.5, 0.6) is 0 Å². The van der Waals surface area contributed by atoms with Crippen LogP contribution < -0.4 is 22.3 Å². The molecule has 1 aliphatic heterocycles. The Balaban J connectivity index is 1.75. The molecule has 0 bridgehead atoms. The first-order chi connectivity index (χ1) is 16.9. The molecule has 0 fully saturated rings. The van der Waals surface area contributed by atoms with Gasteiger partial charge >= 0.3 is 0 Å². The van der Waals surface area contributed by atoms with E-state index in [1.54, 1.807) is 42.5 Å². The molecule has 0 aromatic heterocycles. The number of aliphatic imine (C=N–C) groups is 1. The molecule has 3 amide bonds.